The van der Waals surface area contributed by atoms with Gasteiger partial charge in [-0.15, -0.1) is 0 Å². The van der Waals surface area contributed by atoms with Crippen molar-refractivity contribution in [1.82, 2.24) is 20.2 Å². The number of ether oxygens (including phenoxy) is 1. The molecule has 9 nitrogen and oxygen atoms in total. The van der Waals surface area contributed by atoms with E-state index >= 15 is 0 Å². The summed E-state index contributed by atoms with van der Waals surface area (Å²) < 4.78 is 88.7. The smallest absolute Gasteiger partial charge is 0.471 e. The molecule has 1 fully saturated rings. The van der Waals surface area contributed by atoms with Crippen LogP contribution in [0, 0.1) is 0 Å². The molecule has 0 unspecified atom stereocenters. The second kappa shape index (κ2) is 9.78. The van der Waals surface area contributed by atoms with Crippen LogP contribution in [-0.4, -0.2) is 59.1 Å². The third kappa shape index (κ3) is 5.23. The topological polar surface area (TPSA) is 124 Å². The number of hydrogen-bond donors (Lipinski definition) is 2. The van der Waals surface area contributed by atoms with Crippen LogP contribution in [0.25, 0.3) is 22.4 Å². The molecular weight excluding hydrogens is 524 g/mol. The van der Waals surface area contributed by atoms with Crippen LogP contribution in [0.3, 0.4) is 0 Å². The van der Waals surface area contributed by atoms with Crippen molar-refractivity contribution in [3.8, 4) is 17.2 Å². The number of carbonyl (C=O) groups is 2. The summed E-state index contributed by atoms with van der Waals surface area (Å²) in [6.45, 7) is 0.959. The number of alkyl halides is 6. The van der Waals surface area contributed by atoms with Crippen LogP contribution < -0.4 is 15.8 Å². The minimum absolute atomic E-state index is 0.0532. The molecule has 1 aromatic carbocycles. The Hall–Kier alpha value is -3.88. The van der Waals surface area contributed by atoms with Crippen LogP contribution in [0.1, 0.15) is 41.3 Å². The quantitative estimate of drug-likeness (QED) is 0.467. The van der Waals surface area contributed by atoms with Crippen molar-refractivity contribution in [3.05, 3.63) is 41.4 Å². The Kier molecular flexibility index (Phi) is 6.99. The Morgan fingerprint density at radius 3 is 2.47 bits per heavy atom. The lowest BCUT2D eigenvalue weighted by atomic mass is 10.1. The van der Waals surface area contributed by atoms with Gasteiger partial charge in [-0.3, -0.25) is 9.59 Å². The number of pyridine rings is 1. The highest BCUT2D eigenvalue weighted by molar-refractivity contribution is 5.98. The summed E-state index contributed by atoms with van der Waals surface area (Å²) in [6, 6.07) is 3.16. The van der Waals surface area contributed by atoms with Gasteiger partial charge in [0.25, 0.3) is 5.91 Å². The molecule has 0 radical (unpaired) electrons. The number of rotatable bonds is 5. The average molecular weight is 545 g/mol. The molecule has 0 saturated carbocycles. The highest BCUT2D eigenvalue weighted by Gasteiger charge is 2.45. The van der Waals surface area contributed by atoms with Gasteiger partial charge in [-0.25, -0.2) is 9.97 Å². The van der Waals surface area contributed by atoms with Gasteiger partial charge in [0.1, 0.15) is 17.0 Å². The monoisotopic (exact) mass is 545 g/mol. The van der Waals surface area contributed by atoms with Gasteiger partial charge < -0.3 is 25.1 Å². The second-order valence-corrected chi connectivity index (χ2v) is 8.63. The van der Waals surface area contributed by atoms with E-state index in [9.17, 15) is 35.9 Å². The van der Waals surface area contributed by atoms with E-state index in [4.69, 9.17) is 14.9 Å². The van der Waals surface area contributed by atoms with E-state index in [1.807, 2.05) is 0 Å². The van der Waals surface area contributed by atoms with E-state index in [2.05, 4.69) is 15.3 Å². The summed E-state index contributed by atoms with van der Waals surface area (Å²) >= 11 is 0. The van der Waals surface area contributed by atoms with Crippen molar-refractivity contribution in [2.24, 2.45) is 5.73 Å². The molecule has 38 heavy (non-hydrogen) atoms. The summed E-state index contributed by atoms with van der Waals surface area (Å²) in [5.74, 6) is -2.93. The molecule has 1 aliphatic heterocycles. The largest absolute Gasteiger partial charge is 0.494 e. The molecule has 3 N–H and O–H groups in total. The lowest BCUT2D eigenvalue weighted by molar-refractivity contribution is -0.184. The minimum Gasteiger partial charge on any atom is -0.494 e. The van der Waals surface area contributed by atoms with Gasteiger partial charge in [-0.1, -0.05) is 0 Å². The van der Waals surface area contributed by atoms with Gasteiger partial charge in [-0.2, -0.15) is 26.3 Å². The maximum absolute atomic E-state index is 13.2. The Bertz CT molecular complexity index is 1390. The maximum atomic E-state index is 13.2. The van der Waals surface area contributed by atoms with Crippen LogP contribution in [0.2, 0.25) is 0 Å². The van der Waals surface area contributed by atoms with E-state index < -0.39 is 41.9 Å². The average Bonchev–Trinajstić information content (AvgIpc) is 3.49. The first-order valence-corrected chi connectivity index (χ1v) is 11.2. The van der Waals surface area contributed by atoms with Gasteiger partial charge in [0, 0.05) is 30.1 Å². The fourth-order valence-corrected chi connectivity index (χ4v) is 4.12. The van der Waals surface area contributed by atoms with Crippen LogP contribution in [0.5, 0.6) is 5.75 Å². The number of hydrogen-bond acceptors (Lipinski definition) is 7. The Balaban J connectivity index is 1.67. The van der Waals surface area contributed by atoms with E-state index in [-0.39, 0.29) is 59.1 Å². The summed E-state index contributed by atoms with van der Waals surface area (Å²) in [7, 11) is 1.27. The van der Waals surface area contributed by atoms with Crippen molar-refractivity contribution >= 4 is 22.7 Å². The Labute approximate surface area is 210 Å². The number of nitrogens with two attached hydrogens (primary N) is 1. The van der Waals surface area contributed by atoms with Crippen LogP contribution >= 0.6 is 0 Å². The first-order chi connectivity index (χ1) is 17.7. The molecule has 3 heterocycles. The molecule has 2 amide bonds. The van der Waals surface area contributed by atoms with E-state index in [0.29, 0.717) is 4.90 Å². The van der Waals surface area contributed by atoms with E-state index in [1.54, 1.807) is 0 Å². The zero-order valence-corrected chi connectivity index (χ0v) is 19.9. The maximum Gasteiger partial charge on any atom is 0.471 e. The summed E-state index contributed by atoms with van der Waals surface area (Å²) in [4.78, 5) is 32.9. The van der Waals surface area contributed by atoms with E-state index in [0.717, 1.165) is 6.07 Å². The molecular formula is C23H21F6N5O4. The molecule has 1 saturated heterocycles. The van der Waals surface area contributed by atoms with Crippen LogP contribution in [0.4, 0.5) is 26.3 Å². The van der Waals surface area contributed by atoms with Crippen molar-refractivity contribution in [3.63, 3.8) is 0 Å². The number of aromatic nitrogens is 2. The third-order valence-electron chi connectivity index (χ3n) is 5.90. The lowest BCUT2D eigenvalue weighted by Crippen LogP contribution is -2.43. The van der Waals surface area contributed by atoms with E-state index in [1.165, 1.54) is 32.2 Å². The molecule has 3 aromatic rings. The van der Waals surface area contributed by atoms with Crippen molar-refractivity contribution in [2.45, 2.75) is 37.8 Å². The zero-order chi connectivity index (χ0) is 28.0. The standard InChI is InChI=1S/C23H21F6N5O4/c1-10(30)18-17(19(35)31-11-7-8-34(9-11)21(36)23(27,28)29)33-20(38-18)13-3-5-14(37-2)16-12(13)4-6-15(32-16)22(24,25)26/h3-6,10-11H,7-9,30H2,1-2H3,(H,31,35)/t10-,11+/m0/s1. The molecule has 1 aliphatic rings. The molecule has 4 rings (SSSR count). The van der Waals surface area contributed by atoms with Crippen molar-refractivity contribution in [1.29, 1.82) is 0 Å². The number of oxazole rings is 1. The lowest BCUT2D eigenvalue weighted by Gasteiger charge is -2.18. The van der Waals surface area contributed by atoms with Gasteiger partial charge in [0.2, 0.25) is 5.89 Å². The number of nitrogens with one attached hydrogen (secondary N) is 1. The number of carbonyl (C=O) groups excluding carboxylic acids is 2. The highest BCUT2D eigenvalue weighted by atomic mass is 19.4. The van der Waals surface area contributed by atoms with Crippen molar-refractivity contribution < 1.29 is 45.1 Å². The minimum atomic E-state index is -5.03. The predicted octanol–water partition coefficient (Wildman–Crippen LogP) is 3.83. The highest BCUT2D eigenvalue weighted by Crippen LogP contribution is 2.37. The fourth-order valence-electron chi connectivity index (χ4n) is 4.12. The fraction of sp³-hybridized carbons (Fsp3) is 0.391. The Morgan fingerprint density at radius 1 is 1.16 bits per heavy atom. The number of amides is 2. The predicted molar refractivity (Wildman–Crippen MR) is 120 cm³/mol. The molecule has 0 spiro atoms. The van der Waals surface area contributed by atoms with Crippen LogP contribution in [-0.2, 0) is 11.0 Å². The van der Waals surface area contributed by atoms with Crippen molar-refractivity contribution in [2.75, 3.05) is 20.2 Å². The third-order valence-corrected chi connectivity index (χ3v) is 5.90. The number of fused-ring (bicyclic) bond motifs is 1. The van der Waals surface area contributed by atoms with Gasteiger partial charge in [-0.05, 0) is 37.6 Å². The van der Waals surface area contributed by atoms with Gasteiger partial charge >= 0.3 is 18.3 Å². The molecule has 2 aromatic heterocycles. The van der Waals surface area contributed by atoms with Crippen LogP contribution in [0.15, 0.2) is 28.7 Å². The van der Waals surface area contributed by atoms with Gasteiger partial charge in [0.05, 0.1) is 13.2 Å². The SMILES string of the molecule is COc1ccc(-c2nc(C(=O)N[C@@H]3CCN(C(=O)C(F)(F)F)C3)c([C@H](C)N)o2)c2ccc(C(F)(F)F)nc12. The molecule has 0 aliphatic carbocycles. The molecule has 204 valence electrons. The normalized spacial score (nSPS) is 17.1. The van der Waals surface area contributed by atoms with Gasteiger partial charge in [0.15, 0.2) is 11.5 Å². The first kappa shape index (κ1) is 27.2. The molecule has 0 bridgehead atoms. The summed E-state index contributed by atoms with van der Waals surface area (Å²) in [5.41, 5.74) is 4.63. The molecule has 15 heteroatoms. The Morgan fingerprint density at radius 2 is 1.87 bits per heavy atom. The molecule has 2 atom stereocenters. The number of benzene rings is 1. The second-order valence-electron chi connectivity index (χ2n) is 8.63. The number of methoxy groups -OCH3 is 1. The number of halogens is 6. The number of likely N-dealkylation sites (tertiary alicyclic amines) is 1. The number of nitrogens with zero attached hydrogens (tertiary/aromatic N) is 3. The summed E-state index contributed by atoms with van der Waals surface area (Å²) in [6.07, 6.45) is -9.65. The zero-order valence-electron chi connectivity index (χ0n) is 19.9. The summed E-state index contributed by atoms with van der Waals surface area (Å²) in [5, 5.41) is 2.73. The first-order valence-electron chi connectivity index (χ1n) is 11.2.